The molecule has 3 rings (SSSR count). The maximum atomic E-state index is 6.25. The second kappa shape index (κ2) is 3.99. The number of hydrogen-bond donors (Lipinski definition) is 1. The zero-order chi connectivity index (χ0) is 14.6. The molecule has 0 aromatic heterocycles. The minimum atomic E-state index is -2.03. The molecule has 1 fully saturated rings. The fraction of sp³-hybridized carbons (Fsp3) is 0.500. The van der Waals surface area contributed by atoms with E-state index in [1.807, 2.05) is 52.0 Å². The molecule has 0 aliphatic carbocycles. The third kappa shape index (κ3) is 1.75. The van der Waals surface area contributed by atoms with E-state index in [9.17, 15) is 0 Å². The van der Waals surface area contributed by atoms with E-state index < -0.39 is 18.0 Å². The largest absolute Gasteiger partial charge is 0.639 e. The lowest BCUT2D eigenvalue weighted by molar-refractivity contribution is 0.00578. The van der Waals surface area contributed by atoms with E-state index in [2.05, 4.69) is 10.3 Å². The van der Waals surface area contributed by atoms with Gasteiger partial charge in [0.25, 0.3) is 0 Å². The molecule has 20 heavy (non-hydrogen) atoms. The first-order valence-electron chi connectivity index (χ1n) is 6.86. The average Bonchev–Trinajstić information content (AvgIpc) is 2.54. The third-order valence-electron chi connectivity index (χ3n) is 4.40. The molecule has 1 spiro atoms. The Morgan fingerprint density at radius 1 is 1.05 bits per heavy atom. The van der Waals surface area contributed by atoms with Crippen LogP contribution in [0.1, 0.15) is 27.7 Å². The fourth-order valence-electron chi connectivity index (χ4n) is 2.64. The smallest absolute Gasteiger partial charge is 0.470 e. The number of rotatable bonds is 0. The Balaban J connectivity index is 2.15. The molecule has 108 valence electrons. The van der Waals surface area contributed by atoms with E-state index in [-0.39, 0.29) is 0 Å². The van der Waals surface area contributed by atoms with Crippen molar-refractivity contribution in [2.45, 2.75) is 38.9 Å². The molecule has 6 heteroatoms. The first-order chi connectivity index (χ1) is 9.30. The van der Waals surface area contributed by atoms with Crippen molar-refractivity contribution in [1.29, 1.82) is 0 Å². The summed E-state index contributed by atoms with van der Waals surface area (Å²) in [6.07, 6.45) is 0. The van der Waals surface area contributed by atoms with Gasteiger partial charge >= 0.3 is 6.75 Å². The van der Waals surface area contributed by atoms with Gasteiger partial charge in [-0.1, -0.05) is 23.7 Å². The highest BCUT2D eigenvalue weighted by atomic mass is 16.8. The summed E-state index contributed by atoms with van der Waals surface area (Å²) < 4.78 is 18.4. The van der Waals surface area contributed by atoms with Gasteiger partial charge in [-0.2, -0.15) is 0 Å². The summed E-state index contributed by atoms with van der Waals surface area (Å²) in [4.78, 5) is 4.10. The average molecular weight is 275 g/mol. The fourth-order valence-corrected chi connectivity index (χ4v) is 2.64. The van der Waals surface area contributed by atoms with Crippen LogP contribution < -0.4 is 10.8 Å². The van der Waals surface area contributed by atoms with Gasteiger partial charge in [0.1, 0.15) is 0 Å². The number of hydrogen-bond acceptors (Lipinski definition) is 4. The molecule has 2 aliphatic rings. The van der Waals surface area contributed by atoms with Crippen LogP contribution in [0.4, 0.5) is 5.69 Å². The first-order valence-corrected chi connectivity index (χ1v) is 6.86. The molecule has 0 unspecified atom stereocenters. The Bertz CT molecular complexity index is 568. The zero-order valence-electron chi connectivity index (χ0n) is 12.6. The molecule has 0 amide bonds. The molecule has 0 bridgehead atoms. The summed E-state index contributed by atoms with van der Waals surface area (Å²) in [7, 11) is 1.67. The van der Waals surface area contributed by atoms with Crippen molar-refractivity contribution in [3.8, 4) is 0 Å². The predicted octanol–water partition coefficient (Wildman–Crippen LogP) is 1.86. The van der Waals surface area contributed by atoms with E-state index in [0.717, 1.165) is 11.2 Å². The van der Waals surface area contributed by atoms with E-state index in [1.165, 1.54) is 0 Å². The van der Waals surface area contributed by atoms with Gasteiger partial charge in [0.05, 0.1) is 0 Å². The van der Waals surface area contributed by atoms with Gasteiger partial charge in [0.15, 0.2) is 0 Å². The third-order valence-corrected chi connectivity index (χ3v) is 4.40. The predicted molar refractivity (Wildman–Crippen MR) is 80.2 cm³/mol. The second-order valence-electron chi connectivity index (χ2n) is 6.26. The molecule has 2 heterocycles. The molecule has 2 aliphatic heterocycles. The van der Waals surface area contributed by atoms with Crippen molar-refractivity contribution in [1.82, 2.24) is 0 Å². The van der Waals surface area contributed by atoms with Crippen LogP contribution in [0, 0.1) is 0 Å². The number of anilines is 1. The zero-order valence-corrected chi connectivity index (χ0v) is 12.6. The second-order valence-corrected chi connectivity index (χ2v) is 6.26. The van der Waals surface area contributed by atoms with Crippen molar-refractivity contribution in [3.63, 3.8) is 0 Å². The molecule has 5 nitrogen and oxygen atoms in total. The monoisotopic (exact) mass is 275 g/mol. The van der Waals surface area contributed by atoms with Crippen LogP contribution in [-0.4, -0.2) is 31.0 Å². The SMILES string of the molecule is CN=C1Nc2ccccc2[B-]2(O1)OC(C)(C)C(C)(C)O2. The standard InChI is InChI=1S/C14H20BN2O3/c1-13(2)14(3,4)20-15(19-13)10-8-6-7-9-11(10)17-12(16-5)18-15/h6-9H,1-5H3,(H,16,17)/q-1. The van der Waals surface area contributed by atoms with E-state index in [0.29, 0.717) is 6.02 Å². The molecule has 0 saturated carbocycles. The Hall–Kier alpha value is -1.53. The van der Waals surface area contributed by atoms with E-state index in [1.54, 1.807) is 7.05 Å². The Morgan fingerprint density at radius 3 is 2.25 bits per heavy atom. The minimum absolute atomic E-state index is 0.414. The van der Waals surface area contributed by atoms with Gasteiger partial charge < -0.3 is 19.3 Å². The summed E-state index contributed by atoms with van der Waals surface area (Å²) in [6, 6.07) is 8.26. The number of nitrogens with one attached hydrogen (secondary N) is 1. The van der Waals surface area contributed by atoms with Crippen LogP contribution in [0.3, 0.4) is 0 Å². The Kier molecular flexibility index (Phi) is 2.69. The molecule has 1 aromatic rings. The molecule has 1 aromatic carbocycles. The highest BCUT2D eigenvalue weighted by molar-refractivity contribution is 6.79. The normalized spacial score (nSPS) is 26.9. The van der Waals surface area contributed by atoms with Gasteiger partial charge in [-0.25, -0.2) is 4.99 Å². The van der Waals surface area contributed by atoms with Crippen molar-refractivity contribution in [2.24, 2.45) is 4.99 Å². The lowest BCUT2D eigenvalue weighted by Crippen LogP contribution is -2.60. The van der Waals surface area contributed by atoms with Crippen LogP contribution >= 0.6 is 0 Å². The topological polar surface area (TPSA) is 52.1 Å². The van der Waals surface area contributed by atoms with Gasteiger partial charge in [-0.15, -0.1) is 0 Å². The van der Waals surface area contributed by atoms with Crippen molar-refractivity contribution in [3.05, 3.63) is 24.3 Å². The highest BCUT2D eigenvalue weighted by Crippen LogP contribution is 2.43. The van der Waals surface area contributed by atoms with Crippen LogP contribution in [0.25, 0.3) is 0 Å². The van der Waals surface area contributed by atoms with Crippen molar-refractivity contribution < 1.29 is 14.0 Å². The number of para-hydroxylation sites is 1. The van der Waals surface area contributed by atoms with Crippen LogP contribution in [0.5, 0.6) is 0 Å². The van der Waals surface area contributed by atoms with Crippen LogP contribution in [0.15, 0.2) is 29.3 Å². The van der Waals surface area contributed by atoms with Gasteiger partial charge in [0.2, 0.25) is 6.02 Å². The van der Waals surface area contributed by atoms with Crippen LogP contribution in [-0.2, 0) is 14.0 Å². The highest BCUT2D eigenvalue weighted by Gasteiger charge is 2.57. The minimum Gasteiger partial charge on any atom is -0.639 e. The quantitative estimate of drug-likeness (QED) is 0.734. The van der Waals surface area contributed by atoms with Gasteiger partial charge in [0, 0.05) is 23.9 Å². The Morgan fingerprint density at radius 2 is 1.65 bits per heavy atom. The molecule has 1 N–H and O–H groups in total. The molecular formula is C14H20BN2O3-. The van der Waals surface area contributed by atoms with Crippen molar-refractivity contribution in [2.75, 3.05) is 12.4 Å². The first kappa shape index (κ1) is 13.5. The summed E-state index contributed by atoms with van der Waals surface area (Å²) in [6.45, 7) is 6.03. The number of benzene rings is 1. The number of fused-ring (bicyclic) bond motifs is 2. The summed E-state index contributed by atoms with van der Waals surface area (Å²) in [5.74, 6) is 0. The molecule has 0 atom stereocenters. The number of nitrogens with zero attached hydrogens (tertiary/aromatic N) is 1. The van der Waals surface area contributed by atoms with Gasteiger partial charge in [-0.05, 0) is 33.8 Å². The number of aliphatic imine (C=N–C) groups is 1. The molecule has 0 radical (unpaired) electrons. The summed E-state index contributed by atoms with van der Waals surface area (Å²) >= 11 is 0. The number of amidine groups is 1. The van der Waals surface area contributed by atoms with Crippen LogP contribution in [0.2, 0.25) is 0 Å². The maximum Gasteiger partial charge on any atom is 0.470 e. The van der Waals surface area contributed by atoms with E-state index in [4.69, 9.17) is 14.0 Å². The Labute approximate surface area is 119 Å². The van der Waals surface area contributed by atoms with Crippen molar-refractivity contribution >= 4 is 23.9 Å². The lowest BCUT2D eigenvalue weighted by Gasteiger charge is -2.43. The molecule has 1 saturated heterocycles. The van der Waals surface area contributed by atoms with E-state index >= 15 is 0 Å². The summed E-state index contributed by atoms with van der Waals surface area (Å²) in [5.41, 5.74) is 0.874. The summed E-state index contributed by atoms with van der Waals surface area (Å²) in [5, 5.41) is 3.14. The molecular weight excluding hydrogens is 255 g/mol. The maximum absolute atomic E-state index is 6.25. The van der Waals surface area contributed by atoms with Gasteiger partial charge in [-0.3, -0.25) is 0 Å². The lowest BCUT2D eigenvalue weighted by atomic mass is 9.67.